The van der Waals surface area contributed by atoms with E-state index in [1.165, 1.54) is 4.90 Å². The number of nitrogens with zero attached hydrogens (tertiary/aromatic N) is 3. The smallest absolute Gasteiger partial charge is 0.417 e. The maximum atomic E-state index is 12.2. The van der Waals surface area contributed by atoms with E-state index in [1.54, 1.807) is 18.3 Å². The molecule has 4 aromatic rings. The molecule has 1 atom stereocenters. The van der Waals surface area contributed by atoms with Crippen LogP contribution >= 0.6 is 11.6 Å². The molecule has 0 radical (unpaired) electrons. The number of H-pyrrole nitrogens is 1. The summed E-state index contributed by atoms with van der Waals surface area (Å²) in [7, 11) is 0. The molecule has 0 bridgehead atoms. The van der Waals surface area contributed by atoms with Gasteiger partial charge in [-0.25, -0.2) is 9.59 Å². The number of rotatable bonds is 7. The number of fused-ring (bicyclic) bond motifs is 1. The molecule has 0 spiro atoms. The quantitative estimate of drug-likeness (QED) is 0.366. The highest BCUT2D eigenvalue weighted by atomic mass is 35.5. The van der Waals surface area contributed by atoms with Gasteiger partial charge in [-0.1, -0.05) is 29.8 Å². The number of aromatic nitrogens is 3. The SMILES string of the molecule is CC(C)(C)N(C(=O)O)[C@H](CCn1cc(-c2ccc3[nH]c(=O)oc3c2)cn1)Cc1ccc(Cl)cc1. The van der Waals surface area contributed by atoms with Gasteiger partial charge in [0.15, 0.2) is 5.58 Å². The second-order valence-electron chi connectivity index (χ2n) is 9.31. The fourth-order valence-electron chi connectivity index (χ4n) is 4.25. The van der Waals surface area contributed by atoms with E-state index in [-0.39, 0.29) is 6.04 Å². The molecule has 2 heterocycles. The van der Waals surface area contributed by atoms with E-state index in [9.17, 15) is 14.7 Å². The molecular weight excluding hydrogens is 456 g/mol. The van der Waals surface area contributed by atoms with Crippen molar-refractivity contribution in [3.05, 3.63) is 76.0 Å². The minimum Gasteiger partial charge on any atom is -0.465 e. The third-order valence-electron chi connectivity index (χ3n) is 5.76. The number of carboxylic acid groups (broad SMARTS) is 1. The lowest BCUT2D eigenvalue weighted by Gasteiger charge is -2.40. The summed E-state index contributed by atoms with van der Waals surface area (Å²) in [6, 6.07) is 12.7. The van der Waals surface area contributed by atoms with Crippen molar-refractivity contribution >= 4 is 28.8 Å². The van der Waals surface area contributed by atoms with Crippen molar-refractivity contribution < 1.29 is 14.3 Å². The van der Waals surface area contributed by atoms with Gasteiger partial charge >= 0.3 is 11.8 Å². The van der Waals surface area contributed by atoms with Gasteiger partial charge in [-0.15, -0.1) is 0 Å². The van der Waals surface area contributed by atoms with Crippen molar-refractivity contribution in [2.75, 3.05) is 0 Å². The molecule has 0 aliphatic rings. The van der Waals surface area contributed by atoms with Gasteiger partial charge in [-0.2, -0.15) is 5.10 Å². The Morgan fingerprint density at radius 3 is 2.62 bits per heavy atom. The Labute approximate surface area is 201 Å². The van der Waals surface area contributed by atoms with Crippen molar-refractivity contribution in [2.24, 2.45) is 0 Å². The highest BCUT2D eigenvalue weighted by Crippen LogP contribution is 2.25. The van der Waals surface area contributed by atoms with E-state index < -0.39 is 17.4 Å². The molecule has 0 aliphatic carbocycles. The standard InChI is InChI=1S/C25H27ClN4O4/c1-25(2,3)30(24(32)33)20(12-16-4-7-19(26)8-5-16)10-11-29-15-18(14-27-29)17-6-9-21-22(13-17)34-23(31)28-21/h4-9,13-15,20H,10-12H2,1-3H3,(H,28,31)(H,32,33)/t20-/m1/s1. The first-order chi connectivity index (χ1) is 16.1. The van der Waals surface area contributed by atoms with Crippen LogP contribution in [0.15, 0.2) is 64.1 Å². The van der Waals surface area contributed by atoms with Crippen molar-refractivity contribution in [3.63, 3.8) is 0 Å². The van der Waals surface area contributed by atoms with Crippen LogP contribution in [-0.2, 0) is 13.0 Å². The third-order valence-corrected chi connectivity index (χ3v) is 6.01. The van der Waals surface area contributed by atoms with Crippen LogP contribution in [0.2, 0.25) is 5.02 Å². The zero-order valence-electron chi connectivity index (χ0n) is 19.3. The number of carbonyl (C=O) groups is 1. The fraction of sp³-hybridized carbons (Fsp3) is 0.320. The van der Waals surface area contributed by atoms with Crippen LogP contribution < -0.4 is 5.76 Å². The monoisotopic (exact) mass is 482 g/mol. The van der Waals surface area contributed by atoms with Gasteiger partial charge in [0.05, 0.1) is 11.7 Å². The number of aryl methyl sites for hydroxylation is 1. The molecule has 0 aliphatic heterocycles. The number of nitrogens with one attached hydrogen (secondary N) is 1. The molecule has 1 amide bonds. The lowest BCUT2D eigenvalue weighted by molar-refractivity contribution is 0.0652. The van der Waals surface area contributed by atoms with Gasteiger partial charge in [-0.3, -0.25) is 9.67 Å². The summed E-state index contributed by atoms with van der Waals surface area (Å²) in [5, 5.41) is 15.1. The van der Waals surface area contributed by atoms with Gasteiger partial charge in [0.25, 0.3) is 0 Å². The average Bonchev–Trinajstić information content (AvgIpc) is 3.37. The van der Waals surface area contributed by atoms with Gasteiger partial charge < -0.3 is 14.4 Å². The van der Waals surface area contributed by atoms with Crippen LogP contribution in [0.5, 0.6) is 0 Å². The van der Waals surface area contributed by atoms with Gasteiger partial charge in [0, 0.05) is 34.9 Å². The normalized spacial score (nSPS) is 12.7. The highest BCUT2D eigenvalue weighted by Gasteiger charge is 2.33. The Kier molecular flexibility index (Phi) is 6.52. The van der Waals surface area contributed by atoms with E-state index in [0.29, 0.717) is 35.5 Å². The highest BCUT2D eigenvalue weighted by molar-refractivity contribution is 6.30. The second kappa shape index (κ2) is 9.38. The van der Waals surface area contributed by atoms with Crippen LogP contribution in [0.1, 0.15) is 32.8 Å². The van der Waals surface area contributed by atoms with Gasteiger partial charge in [-0.05, 0) is 69.0 Å². The largest absolute Gasteiger partial charge is 0.465 e. The summed E-state index contributed by atoms with van der Waals surface area (Å²) >= 11 is 6.02. The molecule has 2 aromatic heterocycles. The van der Waals surface area contributed by atoms with Gasteiger partial charge in [0.1, 0.15) is 0 Å². The molecule has 4 rings (SSSR count). The zero-order chi connectivity index (χ0) is 24.5. The molecule has 178 valence electrons. The summed E-state index contributed by atoms with van der Waals surface area (Å²) in [6.07, 6.45) is 3.86. The molecule has 0 unspecified atom stereocenters. The molecule has 9 heteroatoms. The molecule has 34 heavy (non-hydrogen) atoms. The molecule has 0 saturated carbocycles. The first-order valence-electron chi connectivity index (χ1n) is 11.0. The number of benzene rings is 2. The zero-order valence-corrected chi connectivity index (χ0v) is 20.0. The lowest BCUT2D eigenvalue weighted by Crippen LogP contribution is -2.52. The number of amides is 1. The van der Waals surface area contributed by atoms with Crippen LogP contribution in [0.25, 0.3) is 22.2 Å². The van der Waals surface area contributed by atoms with E-state index in [2.05, 4.69) is 10.1 Å². The molecule has 2 aromatic carbocycles. The Balaban J connectivity index is 1.54. The predicted octanol–water partition coefficient (Wildman–Crippen LogP) is 5.42. The van der Waals surface area contributed by atoms with E-state index >= 15 is 0 Å². The predicted molar refractivity (Wildman–Crippen MR) is 131 cm³/mol. The van der Waals surface area contributed by atoms with Crippen LogP contribution in [0.3, 0.4) is 0 Å². The van der Waals surface area contributed by atoms with E-state index in [0.717, 1.165) is 16.7 Å². The molecule has 0 saturated heterocycles. The van der Waals surface area contributed by atoms with Crippen LogP contribution in [-0.4, -0.2) is 42.4 Å². The Morgan fingerprint density at radius 2 is 1.94 bits per heavy atom. The maximum absolute atomic E-state index is 12.2. The Bertz CT molecular complexity index is 1350. The summed E-state index contributed by atoms with van der Waals surface area (Å²) < 4.78 is 6.96. The first kappa shape index (κ1) is 23.6. The number of halogens is 1. The molecule has 0 fully saturated rings. The van der Waals surface area contributed by atoms with Crippen molar-refractivity contribution in [3.8, 4) is 11.1 Å². The summed E-state index contributed by atoms with van der Waals surface area (Å²) in [5.74, 6) is -0.489. The summed E-state index contributed by atoms with van der Waals surface area (Å²) in [4.78, 5) is 27.8. The van der Waals surface area contributed by atoms with E-state index in [4.69, 9.17) is 16.0 Å². The summed E-state index contributed by atoms with van der Waals surface area (Å²) in [5.41, 5.74) is 3.34. The molecule has 2 N–H and O–H groups in total. The van der Waals surface area contributed by atoms with Crippen LogP contribution in [0.4, 0.5) is 4.79 Å². The maximum Gasteiger partial charge on any atom is 0.417 e. The van der Waals surface area contributed by atoms with E-state index in [1.807, 2.05) is 62.0 Å². The Morgan fingerprint density at radius 1 is 1.21 bits per heavy atom. The average molecular weight is 483 g/mol. The van der Waals surface area contributed by atoms with Crippen molar-refractivity contribution in [1.82, 2.24) is 19.7 Å². The minimum absolute atomic E-state index is 0.253. The number of hydrogen-bond acceptors (Lipinski definition) is 4. The van der Waals surface area contributed by atoms with Crippen molar-refractivity contribution in [2.45, 2.75) is 51.7 Å². The van der Waals surface area contributed by atoms with Crippen molar-refractivity contribution in [1.29, 1.82) is 0 Å². The topological polar surface area (TPSA) is 104 Å². The lowest BCUT2D eigenvalue weighted by atomic mass is 9.96. The van der Waals surface area contributed by atoms with Gasteiger partial charge in [0.2, 0.25) is 0 Å². The molecule has 8 nitrogen and oxygen atoms in total. The third kappa shape index (κ3) is 5.34. The Hall–Kier alpha value is -3.52. The number of oxazole rings is 1. The summed E-state index contributed by atoms with van der Waals surface area (Å²) in [6.45, 7) is 6.24. The molecular formula is C25H27ClN4O4. The van der Waals surface area contributed by atoms with Crippen LogP contribution in [0, 0.1) is 0 Å². The second-order valence-corrected chi connectivity index (χ2v) is 9.75. The first-order valence-corrected chi connectivity index (χ1v) is 11.4. The number of hydrogen-bond donors (Lipinski definition) is 2. The fourth-order valence-corrected chi connectivity index (χ4v) is 4.37. The number of aromatic amines is 1. The minimum atomic E-state index is -0.950.